The standard InChI is InChI=1S/C47H61FO7/c1-7-22-47(30-49,31-50)23-26-53-44-39(10-8-24-54-45(51)32(2)3)27-41(28-40(44)11-9-25-55-46(52)33(4)5)42-21-20-38(29-43(42)48)37-18-16-36(17-19-37)35-14-12-34(6)13-15-35/h16-21,27-29,34-35,49-50H,2,4,7-15,22-26,30-31H2,1,3,5-6H3. The van der Waals surface area contributed by atoms with Crippen molar-refractivity contribution < 1.29 is 38.4 Å². The van der Waals surface area contributed by atoms with Crippen LogP contribution in [-0.2, 0) is 31.9 Å². The van der Waals surface area contributed by atoms with Crippen molar-refractivity contribution in [1.29, 1.82) is 0 Å². The highest BCUT2D eigenvalue weighted by Gasteiger charge is 2.28. The fourth-order valence-electron chi connectivity index (χ4n) is 7.43. The summed E-state index contributed by atoms with van der Waals surface area (Å²) in [6.45, 7) is 15.1. The number of esters is 2. The van der Waals surface area contributed by atoms with Crippen LogP contribution in [0.2, 0.25) is 0 Å². The first-order valence-corrected chi connectivity index (χ1v) is 20.0. The molecule has 0 aliphatic heterocycles. The maximum absolute atomic E-state index is 16.2. The Bertz CT molecular complexity index is 1690. The van der Waals surface area contributed by atoms with Gasteiger partial charge in [-0.25, -0.2) is 14.0 Å². The van der Waals surface area contributed by atoms with Crippen molar-refractivity contribution in [3.63, 3.8) is 0 Å². The molecule has 1 saturated carbocycles. The number of halogens is 1. The number of hydrogen-bond donors (Lipinski definition) is 2. The summed E-state index contributed by atoms with van der Waals surface area (Å²) in [5.41, 5.74) is 5.80. The fourth-order valence-corrected chi connectivity index (χ4v) is 7.43. The second-order valence-corrected chi connectivity index (χ2v) is 15.6. The molecule has 1 aliphatic rings. The zero-order valence-corrected chi connectivity index (χ0v) is 33.4. The van der Waals surface area contributed by atoms with E-state index in [1.165, 1.54) is 31.2 Å². The molecule has 1 aliphatic carbocycles. The van der Waals surface area contributed by atoms with Crippen LogP contribution in [0.25, 0.3) is 22.3 Å². The highest BCUT2D eigenvalue weighted by atomic mass is 19.1. The van der Waals surface area contributed by atoms with E-state index in [0.29, 0.717) is 72.5 Å². The van der Waals surface area contributed by atoms with Gasteiger partial charge in [0.05, 0.1) is 33.0 Å². The Kier molecular flexibility index (Phi) is 16.7. The summed E-state index contributed by atoms with van der Waals surface area (Å²) in [6.07, 6.45) is 8.71. The predicted octanol–water partition coefficient (Wildman–Crippen LogP) is 10.1. The summed E-state index contributed by atoms with van der Waals surface area (Å²) in [4.78, 5) is 24.2. The first-order valence-electron chi connectivity index (χ1n) is 20.0. The maximum atomic E-state index is 16.2. The van der Waals surface area contributed by atoms with Gasteiger partial charge < -0.3 is 24.4 Å². The van der Waals surface area contributed by atoms with Gasteiger partial charge in [-0.05, 0) is 129 Å². The topological polar surface area (TPSA) is 102 Å². The molecule has 0 radical (unpaired) electrons. The van der Waals surface area contributed by atoms with Gasteiger partial charge in [-0.2, -0.15) is 0 Å². The number of aryl methyl sites for hydroxylation is 2. The van der Waals surface area contributed by atoms with Crippen LogP contribution in [0, 0.1) is 17.2 Å². The lowest BCUT2D eigenvalue weighted by Gasteiger charge is -2.30. The monoisotopic (exact) mass is 756 g/mol. The summed E-state index contributed by atoms with van der Waals surface area (Å²) in [6, 6.07) is 17.8. The Labute approximate surface area is 327 Å². The van der Waals surface area contributed by atoms with Crippen molar-refractivity contribution in [3.05, 3.63) is 101 Å². The van der Waals surface area contributed by atoms with Crippen LogP contribution in [-0.4, -0.2) is 55.2 Å². The van der Waals surface area contributed by atoms with E-state index in [1.807, 2.05) is 31.2 Å². The van der Waals surface area contributed by atoms with Gasteiger partial charge >= 0.3 is 11.9 Å². The van der Waals surface area contributed by atoms with E-state index >= 15 is 4.39 Å². The zero-order chi connectivity index (χ0) is 40.0. The molecule has 298 valence electrons. The average Bonchev–Trinajstić information content (AvgIpc) is 3.18. The summed E-state index contributed by atoms with van der Waals surface area (Å²) >= 11 is 0. The third-order valence-corrected chi connectivity index (χ3v) is 10.9. The number of benzene rings is 3. The molecule has 1 fully saturated rings. The lowest BCUT2D eigenvalue weighted by molar-refractivity contribution is -0.139. The molecule has 3 aromatic rings. The molecule has 0 saturated heterocycles. The quantitative estimate of drug-likeness (QED) is 0.0634. The molecule has 8 heteroatoms. The summed E-state index contributed by atoms with van der Waals surface area (Å²) in [5.74, 6) is 0.715. The van der Waals surface area contributed by atoms with E-state index in [0.717, 1.165) is 34.6 Å². The third kappa shape index (κ3) is 12.4. The van der Waals surface area contributed by atoms with E-state index in [-0.39, 0.29) is 38.9 Å². The number of rotatable bonds is 21. The minimum atomic E-state index is -0.678. The minimum absolute atomic E-state index is 0.165. The van der Waals surface area contributed by atoms with Gasteiger partial charge in [-0.15, -0.1) is 0 Å². The maximum Gasteiger partial charge on any atom is 0.333 e. The lowest BCUT2D eigenvalue weighted by Crippen LogP contribution is -2.31. The molecule has 0 bridgehead atoms. The summed E-state index contributed by atoms with van der Waals surface area (Å²) < 4.78 is 33.5. The van der Waals surface area contributed by atoms with Crippen molar-refractivity contribution in [3.8, 4) is 28.0 Å². The second-order valence-electron chi connectivity index (χ2n) is 15.6. The Morgan fingerprint density at radius 1 is 0.764 bits per heavy atom. The van der Waals surface area contributed by atoms with Gasteiger partial charge in [0.1, 0.15) is 11.6 Å². The Morgan fingerprint density at radius 3 is 1.80 bits per heavy atom. The van der Waals surface area contributed by atoms with Gasteiger partial charge in [0.2, 0.25) is 0 Å². The van der Waals surface area contributed by atoms with Crippen molar-refractivity contribution in [2.75, 3.05) is 33.0 Å². The number of ether oxygens (including phenoxy) is 3. The molecule has 2 N–H and O–H groups in total. The molecule has 0 atom stereocenters. The Balaban J connectivity index is 1.67. The van der Waals surface area contributed by atoms with Crippen LogP contribution in [0.5, 0.6) is 5.75 Å². The largest absolute Gasteiger partial charge is 0.493 e. The number of carbonyl (C=O) groups excluding carboxylic acids is 2. The zero-order valence-electron chi connectivity index (χ0n) is 33.4. The van der Waals surface area contributed by atoms with E-state index in [1.54, 1.807) is 19.9 Å². The van der Waals surface area contributed by atoms with Gasteiger partial charge in [-0.3, -0.25) is 0 Å². The van der Waals surface area contributed by atoms with Crippen LogP contribution >= 0.6 is 0 Å². The van der Waals surface area contributed by atoms with Crippen molar-refractivity contribution in [2.45, 2.75) is 104 Å². The number of aliphatic hydroxyl groups is 2. The predicted molar refractivity (Wildman–Crippen MR) is 217 cm³/mol. The first kappa shape index (κ1) is 43.5. The molecule has 0 unspecified atom stereocenters. The molecule has 0 aromatic heterocycles. The molecule has 0 spiro atoms. The van der Waals surface area contributed by atoms with Crippen molar-refractivity contribution >= 4 is 11.9 Å². The van der Waals surface area contributed by atoms with Crippen LogP contribution in [0.15, 0.2) is 78.9 Å². The Morgan fingerprint density at radius 2 is 1.31 bits per heavy atom. The molecular weight excluding hydrogens is 696 g/mol. The highest BCUT2D eigenvalue weighted by Crippen LogP contribution is 2.38. The van der Waals surface area contributed by atoms with Gasteiger partial charge in [-0.1, -0.05) is 82.7 Å². The highest BCUT2D eigenvalue weighted by molar-refractivity contribution is 5.87. The van der Waals surface area contributed by atoms with Crippen LogP contribution in [0.3, 0.4) is 0 Å². The van der Waals surface area contributed by atoms with Crippen LogP contribution in [0.1, 0.15) is 108 Å². The molecule has 3 aromatic carbocycles. The second kappa shape index (κ2) is 21.1. The van der Waals surface area contributed by atoms with E-state index in [9.17, 15) is 19.8 Å². The molecule has 0 heterocycles. The minimum Gasteiger partial charge on any atom is -0.493 e. The van der Waals surface area contributed by atoms with Gasteiger partial charge in [0.25, 0.3) is 0 Å². The number of hydrogen-bond acceptors (Lipinski definition) is 7. The smallest absolute Gasteiger partial charge is 0.333 e. The first-order chi connectivity index (χ1) is 26.4. The van der Waals surface area contributed by atoms with Crippen molar-refractivity contribution in [2.24, 2.45) is 11.3 Å². The average molecular weight is 757 g/mol. The Hall–Kier alpha value is -4.27. The SMILES string of the molecule is C=C(C)C(=O)OCCCc1cc(-c2ccc(-c3ccc(C4CCC(C)CC4)cc3)cc2F)cc(CCCOC(=O)C(=C)C)c1OCCC(CO)(CO)CCC. The summed E-state index contributed by atoms with van der Waals surface area (Å²) in [5, 5.41) is 20.4. The molecular formula is C47H61FO7. The van der Waals surface area contributed by atoms with Gasteiger partial charge in [0.15, 0.2) is 0 Å². The number of carbonyl (C=O) groups is 2. The molecule has 0 amide bonds. The third-order valence-electron chi connectivity index (χ3n) is 10.9. The number of aliphatic hydroxyl groups excluding tert-OH is 2. The van der Waals surface area contributed by atoms with Crippen molar-refractivity contribution in [1.82, 2.24) is 0 Å². The lowest BCUT2D eigenvalue weighted by atomic mass is 9.79. The molecule has 7 nitrogen and oxygen atoms in total. The van der Waals surface area contributed by atoms with E-state index < -0.39 is 17.4 Å². The molecule has 55 heavy (non-hydrogen) atoms. The van der Waals surface area contributed by atoms with E-state index in [4.69, 9.17) is 14.2 Å². The molecule has 4 rings (SSSR count). The van der Waals surface area contributed by atoms with Crippen LogP contribution < -0.4 is 4.74 Å². The summed E-state index contributed by atoms with van der Waals surface area (Å²) in [7, 11) is 0. The fraction of sp³-hybridized carbons (Fsp3) is 0.489. The van der Waals surface area contributed by atoms with Crippen LogP contribution in [0.4, 0.5) is 4.39 Å². The normalized spacial score (nSPS) is 15.7. The van der Waals surface area contributed by atoms with Gasteiger partial charge in [0, 0.05) is 22.1 Å². The van der Waals surface area contributed by atoms with E-state index in [2.05, 4.69) is 44.3 Å².